The lowest BCUT2D eigenvalue weighted by atomic mass is 9.65. The maximum atomic E-state index is 11.1. The van der Waals surface area contributed by atoms with E-state index in [2.05, 4.69) is 20.8 Å². The van der Waals surface area contributed by atoms with E-state index >= 15 is 0 Å². The van der Waals surface area contributed by atoms with Gasteiger partial charge in [0.2, 0.25) is 0 Å². The Morgan fingerprint density at radius 1 is 1.14 bits per heavy atom. The Morgan fingerprint density at radius 3 is 2.00 bits per heavy atom. The van der Waals surface area contributed by atoms with Crippen LogP contribution >= 0.6 is 0 Å². The molecule has 0 aliphatic carbocycles. The molecule has 0 aliphatic rings. The van der Waals surface area contributed by atoms with Gasteiger partial charge in [-0.15, -0.1) is 0 Å². The molecule has 0 bridgehead atoms. The first-order valence-corrected chi connectivity index (χ1v) is 5.49. The van der Waals surface area contributed by atoms with Crippen molar-refractivity contribution in [3.8, 4) is 0 Å². The summed E-state index contributed by atoms with van der Waals surface area (Å²) in [5.74, 6) is -0.695. The zero-order valence-corrected chi connectivity index (χ0v) is 10.2. The Bertz CT molecular complexity index is 192. The van der Waals surface area contributed by atoms with Crippen LogP contribution in [0.15, 0.2) is 0 Å². The minimum absolute atomic E-state index is 0.131. The molecule has 14 heavy (non-hydrogen) atoms. The number of carbonyl (C=O) groups is 1. The summed E-state index contributed by atoms with van der Waals surface area (Å²) >= 11 is 0. The van der Waals surface area contributed by atoms with Gasteiger partial charge in [0.1, 0.15) is 0 Å². The molecule has 0 unspecified atom stereocenters. The summed E-state index contributed by atoms with van der Waals surface area (Å²) in [5, 5.41) is 9.13. The zero-order valence-electron chi connectivity index (χ0n) is 10.2. The van der Waals surface area contributed by atoms with Crippen LogP contribution in [0, 0.1) is 10.8 Å². The van der Waals surface area contributed by atoms with Gasteiger partial charge in [-0.25, -0.2) is 0 Å². The molecule has 0 aromatic carbocycles. The molecule has 0 rings (SSSR count). The van der Waals surface area contributed by atoms with Crippen molar-refractivity contribution in [1.82, 2.24) is 0 Å². The maximum Gasteiger partial charge on any atom is 0.309 e. The predicted octanol–water partition coefficient (Wildman–Crippen LogP) is 3.70. The Hall–Kier alpha value is -0.530. The summed E-state index contributed by atoms with van der Waals surface area (Å²) in [5.41, 5.74) is -0.769. The minimum atomic E-state index is -0.695. The Labute approximate surface area is 87.7 Å². The van der Waals surface area contributed by atoms with E-state index in [1.54, 1.807) is 0 Å². The molecule has 0 aromatic rings. The van der Waals surface area contributed by atoms with Crippen LogP contribution in [0.5, 0.6) is 0 Å². The third-order valence-electron chi connectivity index (χ3n) is 3.63. The molecule has 0 radical (unpaired) electrons. The molecular formula is C12H24O2. The van der Waals surface area contributed by atoms with Gasteiger partial charge in [-0.3, -0.25) is 4.79 Å². The van der Waals surface area contributed by atoms with Crippen LogP contribution in [0.1, 0.15) is 60.3 Å². The molecule has 0 fully saturated rings. The lowest BCUT2D eigenvalue weighted by molar-refractivity contribution is -0.154. The summed E-state index contributed by atoms with van der Waals surface area (Å²) in [4.78, 5) is 11.1. The number of aliphatic carboxylic acids is 1. The topological polar surface area (TPSA) is 37.3 Å². The van der Waals surface area contributed by atoms with Gasteiger partial charge in [0.25, 0.3) is 0 Å². The fourth-order valence-corrected chi connectivity index (χ4v) is 1.42. The number of unbranched alkanes of at least 4 members (excludes halogenated alkanes) is 2. The van der Waals surface area contributed by atoms with Crippen LogP contribution < -0.4 is 0 Å². The second kappa shape index (κ2) is 4.81. The summed E-state index contributed by atoms with van der Waals surface area (Å²) in [6.07, 6.45) is 4.49. The van der Waals surface area contributed by atoms with E-state index in [1.807, 2.05) is 13.8 Å². The predicted molar refractivity (Wildman–Crippen MR) is 59.3 cm³/mol. The third kappa shape index (κ3) is 3.00. The molecule has 1 N–H and O–H groups in total. The van der Waals surface area contributed by atoms with Gasteiger partial charge in [0.05, 0.1) is 5.41 Å². The van der Waals surface area contributed by atoms with E-state index in [0.717, 1.165) is 12.8 Å². The first kappa shape index (κ1) is 13.5. The second-order valence-corrected chi connectivity index (χ2v) is 5.27. The largest absolute Gasteiger partial charge is 0.481 e. The molecule has 0 amide bonds. The summed E-state index contributed by atoms with van der Waals surface area (Å²) in [6, 6.07) is 0. The van der Waals surface area contributed by atoms with Crippen LogP contribution in [0.2, 0.25) is 0 Å². The quantitative estimate of drug-likeness (QED) is 0.664. The molecule has 0 saturated carbocycles. The van der Waals surface area contributed by atoms with Crippen molar-refractivity contribution in [2.45, 2.75) is 60.3 Å². The van der Waals surface area contributed by atoms with Crippen molar-refractivity contribution in [3.63, 3.8) is 0 Å². The smallest absolute Gasteiger partial charge is 0.309 e. The van der Waals surface area contributed by atoms with E-state index in [9.17, 15) is 4.79 Å². The molecule has 2 heteroatoms. The van der Waals surface area contributed by atoms with Crippen molar-refractivity contribution in [1.29, 1.82) is 0 Å². The van der Waals surface area contributed by atoms with Gasteiger partial charge in [0.15, 0.2) is 0 Å². The third-order valence-corrected chi connectivity index (χ3v) is 3.63. The Morgan fingerprint density at radius 2 is 1.64 bits per heavy atom. The molecule has 0 spiro atoms. The highest BCUT2D eigenvalue weighted by Gasteiger charge is 2.42. The first-order chi connectivity index (χ1) is 6.25. The fourth-order valence-electron chi connectivity index (χ4n) is 1.42. The van der Waals surface area contributed by atoms with E-state index in [-0.39, 0.29) is 5.41 Å². The van der Waals surface area contributed by atoms with Crippen LogP contribution in [0.25, 0.3) is 0 Å². The number of carboxylic acids is 1. The molecule has 0 saturated heterocycles. The maximum absolute atomic E-state index is 11.1. The highest BCUT2D eigenvalue weighted by atomic mass is 16.4. The molecule has 84 valence electrons. The van der Waals surface area contributed by atoms with Crippen molar-refractivity contribution in [3.05, 3.63) is 0 Å². The van der Waals surface area contributed by atoms with Crippen LogP contribution in [-0.4, -0.2) is 11.1 Å². The van der Waals surface area contributed by atoms with Gasteiger partial charge < -0.3 is 5.11 Å². The van der Waals surface area contributed by atoms with E-state index in [1.165, 1.54) is 12.8 Å². The lowest BCUT2D eigenvalue weighted by Crippen LogP contribution is -2.39. The zero-order chi connectivity index (χ0) is 11.4. The van der Waals surface area contributed by atoms with Gasteiger partial charge in [-0.05, 0) is 25.7 Å². The average molecular weight is 200 g/mol. The fraction of sp³-hybridized carbons (Fsp3) is 0.917. The molecular weight excluding hydrogens is 176 g/mol. The Kier molecular flexibility index (Phi) is 4.63. The summed E-state index contributed by atoms with van der Waals surface area (Å²) in [7, 11) is 0. The average Bonchev–Trinajstić information content (AvgIpc) is 2.04. The molecule has 2 nitrogen and oxygen atoms in total. The normalized spacial score (nSPS) is 12.9. The monoisotopic (exact) mass is 200 g/mol. The first-order valence-electron chi connectivity index (χ1n) is 5.49. The van der Waals surface area contributed by atoms with Gasteiger partial charge in [-0.2, -0.15) is 0 Å². The lowest BCUT2D eigenvalue weighted by Gasteiger charge is -2.38. The highest BCUT2D eigenvalue weighted by molar-refractivity contribution is 5.74. The molecule has 0 aromatic heterocycles. The number of rotatable bonds is 6. The number of hydrogen-bond acceptors (Lipinski definition) is 1. The SMILES string of the molecule is CCCCCC(C)(C)C(C)(C)C(=O)O. The molecule has 0 aliphatic heterocycles. The van der Waals surface area contributed by atoms with Crippen LogP contribution in [-0.2, 0) is 4.79 Å². The summed E-state index contributed by atoms with van der Waals surface area (Å²) < 4.78 is 0. The number of carboxylic acid groups (broad SMARTS) is 1. The minimum Gasteiger partial charge on any atom is -0.481 e. The van der Waals surface area contributed by atoms with Crippen molar-refractivity contribution in [2.24, 2.45) is 10.8 Å². The van der Waals surface area contributed by atoms with E-state index in [0.29, 0.717) is 0 Å². The standard InChI is InChI=1S/C12H24O2/c1-6-7-8-9-11(2,3)12(4,5)10(13)14/h6-9H2,1-5H3,(H,13,14). The Balaban J connectivity index is 4.36. The van der Waals surface area contributed by atoms with Gasteiger partial charge >= 0.3 is 5.97 Å². The van der Waals surface area contributed by atoms with Gasteiger partial charge in [0, 0.05) is 0 Å². The summed E-state index contributed by atoms with van der Waals surface area (Å²) in [6.45, 7) is 9.91. The highest BCUT2D eigenvalue weighted by Crippen LogP contribution is 2.42. The van der Waals surface area contributed by atoms with Crippen molar-refractivity contribution >= 4 is 5.97 Å². The number of hydrogen-bond donors (Lipinski definition) is 1. The van der Waals surface area contributed by atoms with Crippen LogP contribution in [0.4, 0.5) is 0 Å². The van der Waals surface area contributed by atoms with Crippen molar-refractivity contribution < 1.29 is 9.90 Å². The molecule has 0 heterocycles. The molecule has 0 atom stereocenters. The van der Waals surface area contributed by atoms with E-state index in [4.69, 9.17) is 5.11 Å². The van der Waals surface area contributed by atoms with Crippen LogP contribution in [0.3, 0.4) is 0 Å². The van der Waals surface area contributed by atoms with E-state index < -0.39 is 11.4 Å². The second-order valence-electron chi connectivity index (χ2n) is 5.27. The van der Waals surface area contributed by atoms with Crippen molar-refractivity contribution in [2.75, 3.05) is 0 Å². The van der Waals surface area contributed by atoms with Gasteiger partial charge in [-0.1, -0.05) is 40.0 Å².